The maximum atomic E-state index is 12.0. The molecule has 1 aliphatic rings. The summed E-state index contributed by atoms with van der Waals surface area (Å²) in [7, 11) is 3.08. The van der Waals surface area contributed by atoms with Crippen LogP contribution in [-0.4, -0.2) is 36.8 Å². The third-order valence-corrected chi connectivity index (χ3v) is 3.82. The van der Waals surface area contributed by atoms with Crippen molar-refractivity contribution in [2.24, 2.45) is 0 Å². The molecular weight excluding hydrogens is 278 g/mol. The van der Waals surface area contributed by atoms with E-state index in [2.05, 4.69) is 0 Å². The van der Waals surface area contributed by atoms with Gasteiger partial charge in [-0.3, -0.25) is 14.5 Å². The van der Waals surface area contributed by atoms with Gasteiger partial charge in [-0.25, -0.2) is 0 Å². The zero-order valence-corrected chi connectivity index (χ0v) is 12.3. The van der Waals surface area contributed by atoms with Crippen LogP contribution in [0.4, 0.5) is 4.79 Å². The predicted octanol–water partition coefficient (Wildman–Crippen LogP) is 2.76. The lowest BCUT2D eigenvalue weighted by molar-refractivity contribution is -0.122. The first-order chi connectivity index (χ1) is 9.62. The fraction of sp³-hybridized carbons (Fsp3) is 0.286. The van der Waals surface area contributed by atoms with Crippen LogP contribution in [0.3, 0.4) is 0 Å². The maximum Gasteiger partial charge on any atom is 0.293 e. The summed E-state index contributed by atoms with van der Waals surface area (Å²) in [6.07, 6.45) is 1.65. The molecule has 0 saturated carbocycles. The molecule has 0 atom stereocenters. The Hall–Kier alpha value is -1.95. The monoisotopic (exact) mass is 293 g/mol. The molecule has 1 saturated heterocycles. The number of imide groups is 1. The molecule has 1 heterocycles. The Kier molecular flexibility index (Phi) is 4.34. The summed E-state index contributed by atoms with van der Waals surface area (Å²) in [5.74, 6) is 0.849. The highest BCUT2D eigenvalue weighted by molar-refractivity contribution is 8.18. The van der Waals surface area contributed by atoms with Crippen LogP contribution in [0.25, 0.3) is 6.08 Å². The number of carbonyl (C=O) groups is 2. The fourth-order valence-corrected chi connectivity index (χ4v) is 2.83. The predicted molar refractivity (Wildman–Crippen MR) is 77.9 cm³/mol. The van der Waals surface area contributed by atoms with Crippen molar-refractivity contribution in [3.63, 3.8) is 0 Å². The van der Waals surface area contributed by atoms with E-state index in [0.29, 0.717) is 28.5 Å². The minimum atomic E-state index is -0.271. The third-order valence-electron chi connectivity index (χ3n) is 2.91. The normalized spacial score (nSPS) is 16.9. The Morgan fingerprint density at radius 1 is 1.25 bits per heavy atom. The highest BCUT2D eigenvalue weighted by Crippen LogP contribution is 2.36. The molecule has 0 unspecified atom stereocenters. The highest BCUT2D eigenvalue weighted by atomic mass is 32.2. The number of nitrogens with zero attached hydrogens (tertiary/aromatic N) is 1. The summed E-state index contributed by atoms with van der Waals surface area (Å²) in [6, 6.07) is 5.38. The van der Waals surface area contributed by atoms with Gasteiger partial charge in [0.1, 0.15) is 0 Å². The average Bonchev–Trinajstić information content (AvgIpc) is 2.72. The van der Waals surface area contributed by atoms with Crippen LogP contribution >= 0.6 is 11.8 Å². The lowest BCUT2D eigenvalue weighted by Crippen LogP contribution is -2.27. The first-order valence-corrected chi connectivity index (χ1v) is 6.90. The lowest BCUT2D eigenvalue weighted by Gasteiger charge is -2.10. The van der Waals surface area contributed by atoms with Gasteiger partial charge in [-0.15, -0.1) is 0 Å². The van der Waals surface area contributed by atoms with Crippen molar-refractivity contribution in [1.29, 1.82) is 0 Å². The van der Waals surface area contributed by atoms with Crippen molar-refractivity contribution < 1.29 is 19.1 Å². The molecule has 6 heteroatoms. The van der Waals surface area contributed by atoms with Gasteiger partial charge in [-0.2, -0.15) is 0 Å². The molecule has 5 nitrogen and oxygen atoms in total. The van der Waals surface area contributed by atoms with Gasteiger partial charge in [0.25, 0.3) is 11.1 Å². The Bertz CT molecular complexity index is 583. The van der Waals surface area contributed by atoms with Gasteiger partial charge in [0.15, 0.2) is 11.5 Å². The molecule has 2 amide bonds. The van der Waals surface area contributed by atoms with Crippen LogP contribution in [-0.2, 0) is 4.79 Å². The molecule has 106 valence electrons. The summed E-state index contributed by atoms with van der Waals surface area (Å²) < 4.78 is 10.5. The highest BCUT2D eigenvalue weighted by Gasteiger charge is 2.33. The van der Waals surface area contributed by atoms with E-state index in [9.17, 15) is 9.59 Å². The first-order valence-electron chi connectivity index (χ1n) is 6.08. The van der Waals surface area contributed by atoms with Gasteiger partial charge in [-0.1, -0.05) is 12.1 Å². The number of thioether (sulfide) groups is 1. The largest absolute Gasteiger partial charge is 0.493 e. The summed E-state index contributed by atoms with van der Waals surface area (Å²) >= 11 is 0.936. The number of ether oxygens (including phenoxy) is 2. The van der Waals surface area contributed by atoms with Crippen LogP contribution in [0.5, 0.6) is 11.5 Å². The van der Waals surface area contributed by atoms with Crippen molar-refractivity contribution in [3.8, 4) is 11.5 Å². The average molecular weight is 293 g/mol. The number of hydrogen-bond donors (Lipinski definition) is 0. The molecule has 0 bridgehead atoms. The maximum absolute atomic E-state index is 12.0. The number of benzene rings is 1. The molecule has 0 aliphatic carbocycles. The Labute approximate surface area is 121 Å². The molecule has 1 fully saturated rings. The second kappa shape index (κ2) is 6.00. The Morgan fingerprint density at radius 3 is 2.55 bits per heavy atom. The van der Waals surface area contributed by atoms with E-state index in [1.54, 1.807) is 38.3 Å². The molecule has 2 rings (SSSR count). The van der Waals surface area contributed by atoms with Crippen LogP contribution in [0.1, 0.15) is 12.5 Å². The summed E-state index contributed by atoms with van der Waals surface area (Å²) in [4.78, 5) is 25.3. The van der Waals surface area contributed by atoms with Crippen LogP contribution < -0.4 is 9.47 Å². The van der Waals surface area contributed by atoms with E-state index in [0.717, 1.165) is 11.8 Å². The molecule has 0 radical (unpaired) electrons. The van der Waals surface area contributed by atoms with Crippen molar-refractivity contribution in [2.45, 2.75) is 6.92 Å². The SMILES string of the molecule is CCN1C(=O)S/C(=C\c2cccc(OC)c2OC)C1=O. The molecular formula is C14H15NO4S. The van der Waals surface area contributed by atoms with E-state index >= 15 is 0 Å². The lowest BCUT2D eigenvalue weighted by atomic mass is 10.1. The Balaban J connectivity index is 2.42. The molecule has 20 heavy (non-hydrogen) atoms. The van der Waals surface area contributed by atoms with Gasteiger partial charge in [0.05, 0.1) is 19.1 Å². The van der Waals surface area contributed by atoms with E-state index in [1.807, 2.05) is 0 Å². The van der Waals surface area contributed by atoms with Gasteiger partial charge in [-0.05, 0) is 30.8 Å². The molecule has 0 aromatic heterocycles. The zero-order chi connectivity index (χ0) is 14.7. The second-order valence-electron chi connectivity index (χ2n) is 4.01. The van der Waals surface area contributed by atoms with Crippen molar-refractivity contribution in [1.82, 2.24) is 4.90 Å². The summed E-state index contributed by atoms with van der Waals surface area (Å²) in [5, 5.41) is -0.245. The van der Waals surface area contributed by atoms with E-state index < -0.39 is 0 Å². The van der Waals surface area contributed by atoms with Crippen molar-refractivity contribution >= 4 is 29.0 Å². The number of amides is 2. The van der Waals surface area contributed by atoms with Gasteiger partial charge in [0, 0.05) is 12.1 Å². The van der Waals surface area contributed by atoms with Crippen LogP contribution in [0, 0.1) is 0 Å². The fourth-order valence-electron chi connectivity index (χ4n) is 1.94. The number of methoxy groups -OCH3 is 2. The molecule has 1 aromatic rings. The van der Waals surface area contributed by atoms with Crippen LogP contribution in [0.2, 0.25) is 0 Å². The number of para-hydroxylation sites is 1. The number of carbonyl (C=O) groups excluding carboxylic acids is 2. The second-order valence-corrected chi connectivity index (χ2v) is 5.00. The number of hydrogen-bond acceptors (Lipinski definition) is 5. The van der Waals surface area contributed by atoms with Crippen LogP contribution in [0.15, 0.2) is 23.1 Å². The molecule has 0 spiro atoms. The summed E-state index contributed by atoms with van der Waals surface area (Å²) in [6.45, 7) is 2.14. The van der Waals surface area contributed by atoms with Gasteiger partial charge >= 0.3 is 0 Å². The smallest absolute Gasteiger partial charge is 0.293 e. The van der Waals surface area contributed by atoms with E-state index in [4.69, 9.17) is 9.47 Å². The van der Waals surface area contributed by atoms with Crippen molar-refractivity contribution in [3.05, 3.63) is 28.7 Å². The van der Waals surface area contributed by atoms with E-state index in [-0.39, 0.29) is 11.1 Å². The molecule has 1 aliphatic heterocycles. The topological polar surface area (TPSA) is 55.8 Å². The number of likely N-dealkylation sites (N-methyl/N-ethyl adjacent to an activating group) is 1. The summed E-state index contributed by atoms with van der Waals surface area (Å²) in [5.41, 5.74) is 0.702. The zero-order valence-electron chi connectivity index (χ0n) is 11.5. The van der Waals surface area contributed by atoms with Gasteiger partial charge in [0.2, 0.25) is 0 Å². The minimum absolute atomic E-state index is 0.245. The first kappa shape index (κ1) is 14.5. The van der Waals surface area contributed by atoms with Gasteiger partial charge < -0.3 is 9.47 Å². The van der Waals surface area contributed by atoms with E-state index in [1.165, 1.54) is 12.0 Å². The minimum Gasteiger partial charge on any atom is -0.493 e. The Morgan fingerprint density at radius 2 is 2.00 bits per heavy atom. The molecule has 0 N–H and O–H groups in total. The number of rotatable bonds is 4. The standard InChI is InChI=1S/C14H15NO4S/c1-4-15-13(16)11(20-14(15)17)8-9-6-5-7-10(18-2)12(9)19-3/h5-8H,4H2,1-3H3/b11-8-. The third kappa shape index (κ3) is 2.51. The quantitative estimate of drug-likeness (QED) is 0.799. The van der Waals surface area contributed by atoms with Crippen molar-refractivity contribution in [2.75, 3.05) is 20.8 Å². The molecule has 1 aromatic carbocycles.